The molecule has 0 saturated heterocycles. The number of halogens is 1. The molecular formula is C24H27BrN2O4. The van der Waals surface area contributed by atoms with Crippen molar-refractivity contribution in [3.8, 4) is 11.5 Å². The van der Waals surface area contributed by atoms with E-state index in [1.165, 1.54) is 0 Å². The lowest BCUT2D eigenvalue weighted by Gasteiger charge is -2.30. The first-order valence-corrected chi connectivity index (χ1v) is 11.5. The fraction of sp³-hybridized carbons (Fsp3) is 0.417. The maximum Gasteiger partial charge on any atom is 0.230 e. The molecular weight excluding hydrogens is 460 g/mol. The van der Waals surface area contributed by atoms with Gasteiger partial charge < -0.3 is 20.1 Å². The van der Waals surface area contributed by atoms with Gasteiger partial charge in [0.1, 0.15) is 13.2 Å². The Labute approximate surface area is 190 Å². The third kappa shape index (κ3) is 4.71. The number of rotatable bonds is 6. The first kappa shape index (κ1) is 21.7. The van der Waals surface area contributed by atoms with Crippen molar-refractivity contribution in [2.24, 2.45) is 0 Å². The number of fused-ring (bicyclic) bond motifs is 1. The number of aryl methyl sites for hydroxylation is 1. The maximum atomic E-state index is 13.3. The van der Waals surface area contributed by atoms with Crippen LogP contribution in [-0.2, 0) is 15.0 Å². The zero-order chi connectivity index (χ0) is 21.8. The van der Waals surface area contributed by atoms with Crippen LogP contribution in [0, 0.1) is 6.92 Å². The number of amides is 2. The van der Waals surface area contributed by atoms with E-state index in [9.17, 15) is 9.59 Å². The highest BCUT2D eigenvalue weighted by molar-refractivity contribution is 9.10. The number of carbonyl (C=O) groups is 2. The van der Waals surface area contributed by atoms with E-state index in [4.69, 9.17) is 9.47 Å². The van der Waals surface area contributed by atoms with Crippen LogP contribution in [0.5, 0.6) is 11.5 Å². The molecule has 2 aromatic rings. The molecule has 0 aromatic heterocycles. The Bertz CT molecular complexity index is 986. The van der Waals surface area contributed by atoms with Gasteiger partial charge in [0, 0.05) is 23.1 Å². The van der Waals surface area contributed by atoms with Crippen LogP contribution in [0.15, 0.2) is 40.9 Å². The van der Waals surface area contributed by atoms with E-state index in [-0.39, 0.29) is 18.2 Å². The molecule has 0 unspecified atom stereocenters. The van der Waals surface area contributed by atoms with Crippen molar-refractivity contribution in [1.82, 2.24) is 5.32 Å². The molecule has 31 heavy (non-hydrogen) atoms. The molecule has 0 spiro atoms. The van der Waals surface area contributed by atoms with Gasteiger partial charge >= 0.3 is 0 Å². The molecule has 1 aliphatic carbocycles. The number of nitrogens with one attached hydrogen (secondary N) is 2. The summed E-state index contributed by atoms with van der Waals surface area (Å²) in [4.78, 5) is 25.6. The molecule has 1 fully saturated rings. The first-order valence-electron chi connectivity index (χ1n) is 10.7. The number of hydrogen-bond acceptors (Lipinski definition) is 4. The summed E-state index contributed by atoms with van der Waals surface area (Å²) < 4.78 is 12.2. The summed E-state index contributed by atoms with van der Waals surface area (Å²) in [6, 6.07) is 11.6. The van der Waals surface area contributed by atoms with E-state index in [2.05, 4.69) is 26.6 Å². The molecule has 2 amide bonds. The summed E-state index contributed by atoms with van der Waals surface area (Å²) in [6.07, 6.45) is 3.81. The van der Waals surface area contributed by atoms with Crippen molar-refractivity contribution in [2.75, 3.05) is 25.1 Å². The van der Waals surface area contributed by atoms with Gasteiger partial charge in [-0.2, -0.15) is 0 Å². The SMILES string of the molecule is Cc1ccc(Br)cc1NC(=O)CCNC(=O)C1(c2ccc3c(c2)OCCO3)CCCC1. The van der Waals surface area contributed by atoms with Gasteiger partial charge in [-0.05, 0) is 55.2 Å². The van der Waals surface area contributed by atoms with Gasteiger partial charge in [0.25, 0.3) is 0 Å². The Morgan fingerprint density at radius 2 is 1.77 bits per heavy atom. The average Bonchev–Trinajstić information content (AvgIpc) is 3.27. The predicted octanol–water partition coefficient (Wildman–Crippen LogP) is 4.49. The van der Waals surface area contributed by atoms with E-state index < -0.39 is 5.41 Å². The summed E-state index contributed by atoms with van der Waals surface area (Å²) in [5.41, 5.74) is 2.15. The zero-order valence-corrected chi connectivity index (χ0v) is 19.2. The Balaban J connectivity index is 1.39. The lowest BCUT2D eigenvalue weighted by Crippen LogP contribution is -2.43. The minimum Gasteiger partial charge on any atom is -0.486 e. The highest BCUT2D eigenvalue weighted by Crippen LogP contribution is 2.44. The van der Waals surface area contributed by atoms with Gasteiger partial charge in [0.05, 0.1) is 5.41 Å². The van der Waals surface area contributed by atoms with Crippen molar-refractivity contribution in [2.45, 2.75) is 44.4 Å². The Hall–Kier alpha value is -2.54. The number of carbonyl (C=O) groups excluding carboxylic acids is 2. The highest BCUT2D eigenvalue weighted by atomic mass is 79.9. The molecule has 0 atom stereocenters. The minimum absolute atomic E-state index is 0.0203. The molecule has 2 aliphatic rings. The number of anilines is 1. The fourth-order valence-corrected chi connectivity index (χ4v) is 4.73. The second-order valence-corrected chi connectivity index (χ2v) is 9.08. The molecule has 4 rings (SSSR count). The van der Waals surface area contributed by atoms with Crippen LogP contribution in [0.1, 0.15) is 43.2 Å². The third-order valence-corrected chi connectivity index (χ3v) is 6.59. The van der Waals surface area contributed by atoms with Crippen molar-refractivity contribution in [3.05, 3.63) is 52.0 Å². The quantitative estimate of drug-likeness (QED) is 0.630. The minimum atomic E-state index is -0.576. The summed E-state index contributed by atoms with van der Waals surface area (Å²) in [6.45, 7) is 3.30. The van der Waals surface area contributed by atoms with Gasteiger partial charge in [-0.1, -0.05) is 40.9 Å². The van der Waals surface area contributed by atoms with Crippen LogP contribution in [0.3, 0.4) is 0 Å². The molecule has 7 heteroatoms. The van der Waals surface area contributed by atoms with Crippen LogP contribution in [-0.4, -0.2) is 31.6 Å². The van der Waals surface area contributed by atoms with E-state index in [1.807, 2.05) is 43.3 Å². The van der Waals surface area contributed by atoms with Crippen LogP contribution in [0.4, 0.5) is 5.69 Å². The molecule has 2 N–H and O–H groups in total. The molecule has 0 radical (unpaired) electrons. The van der Waals surface area contributed by atoms with E-state index >= 15 is 0 Å². The van der Waals surface area contributed by atoms with Gasteiger partial charge in [-0.25, -0.2) is 0 Å². The monoisotopic (exact) mass is 486 g/mol. The second kappa shape index (κ2) is 9.30. The van der Waals surface area contributed by atoms with Crippen LogP contribution >= 0.6 is 15.9 Å². The maximum absolute atomic E-state index is 13.3. The molecule has 1 aliphatic heterocycles. The van der Waals surface area contributed by atoms with Gasteiger partial charge in [-0.3, -0.25) is 9.59 Å². The van der Waals surface area contributed by atoms with Gasteiger partial charge in [0.15, 0.2) is 11.5 Å². The van der Waals surface area contributed by atoms with Crippen LogP contribution in [0.25, 0.3) is 0 Å². The van der Waals surface area contributed by atoms with E-state index in [0.717, 1.165) is 52.7 Å². The Kier molecular flexibility index (Phi) is 6.51. The molecule has 1 saturated carbocycles. The predicted molar refractivity (Wildman–Crippen MR) is 123 cm³/mol. The summed E-state index contributed by atoms with van der Waals surface area (Å²) in [5, 5.41) is 5.92. The molecule has 6 nitrogen and oxygen atoms in total. The standard InChI is InChI=1S/C24H27BrN2O4/c1-16-4-6-18(25)15-19(16)27-22(28)8-11-26-23(29)24(9-2-3-10-24)17-5-7-20-21(14-17)31-13-12-30-20/h4-7,14-15H,2-3,8-13H2,1H3,(H,26,29)(H,27,28). The molecule has 2 aromatic carbocycles. The van der Waals surface area contributed by atoms with Crippen molar-refractivity contribution >= 4 is 33.4 Å². The first-order chi connectivity index (χ1) is 15.0. The summed E-state index contributed by atoms with van der Waals surface area (Å²) in [5.74, 6) is 1.28. The van der Waals surface area contributed by atoms with Gasteiger partial charge in [0.2, 0.25) is 11.8 Å². The number of hydrogen-bond donors (Lipinski definition) is 2. The molecule has 164 valence electrons. The normalized spacial score (nSPS) is 16.6. The van der Waals surface area contributed by atoms with Crippen molar-refractivity contribution < 1.29 is 19.1 Å². The van der Waals surface area contributed by atoms with Crippen molar-refractivity contribution in [3.63, 3.8) is 0 Å². The lowest BCUT2D eigenvalue weighted by atomic mass is 9.77. The largest absolute Gasteiger partial charge is 0.486 e. The Morgan fingerprint density at radius 3 is 2.55 bits per heavy atom. The summed E-state index contributed by atoms with van der Waals surface area (Å²) in [7, 11) is 0. The number of benzene rings is 2. The topological polar surface area (TPSA) is 76.7 Å². The third-order valence-electron chi connectivity index (χ3n) is 6.10. The number of ether oxygens (including phenoxy) is 2. The molecule has 1 heterocycles. The van der Waals surface area contributed by atoms with Crippen molar-refractivity contribution in [1.29, 1.82) is 0 Å². The summed E-state index contributed by atoms with van der Waals surface area (Å²) >= 11 is 3.42. The van der Waals surface area contributed by atoms with E-state index in [0.29, 0.717) is 25.5 Å². The highest BCUT2D eigenvalue weighted by Gasteiger charge is 2.43. The average molecular weight is 487 g/mol. The van der Waals surface area contributed by atoms with E-state index in [1.54, 1.807) is 0 Å². The van der Waals surface area contributed by atoms with Crippen LogP contribution < -0.4 is 20.1 Å². The Morgan fingerprint density at radius 1 is 1.03 bits per heavy atom. The second-order valence-electron chi connectivity index (χ2n) is 8.16. The smallest absolute Gasteiger partial charge is 0.230 e. The van der Waals surface area contributed by atoms with Gasteiger partial charge in [-0.15, -0.1) is 0 Å². The van der Waals surface area contributed by atoms with Crippen LogP contribution in [0.2, 0.25) is 0 Å². The zero-order valence-electron chi connectivity index (χ0n) is 17.6. The lowest BCUT2D eigenvalue weighted by molar-refractivity contribution is -0.126. The fourth-order valence-electron chi connectivity index (χ4n) is 4.37. The molecule has 0 bridgehead atoms.